The van der Waals surface area contributed by atoms with E-state index in [1.165, 1.54) is 16.4 Å². The number of ether oxygens (including phenoxy) is 1. The van der Waals surface area contributed by atoms with Gasteiger partial charge in [-0.1, -0.05) is 6.07 Å². The summed E-state index contributed by atoms with van der Waals surface area (Å²) in [6.07, 6.45) is 5.19. The van der Waals surface area contributed by atoms with Crippen LogP contribution in [0.15, 0.2) is 53.7 Å². The number of nitrogens with zero attached hydrogens (tertiary/aromatic N) is 2. The zero-order valence-electron chi connectivity index (χ0n) is 15.0. The van der Waals surface area contributed by atoms with Gasteiger partial charge in [0, 0.05) is 37.6 Å². The van der Waals surface area contributed by atoms with E-state index in [4.69, 9.17) is 4.74 Å². The number of sulfonamides is 1. The van der Waals surface area contributed by atoms with E-state index in [9.17, 15) is 13.2 Å². The second-order valence-electron chi connectivity index (χ2n) is 6.26. The maximum Gasteiger partial charge on any atom is 0.251 e. The summed E-state index contributed by atoms with van der Waals surface area (Å²) in [5, 5.41) is 2.86. The summed E-state index contributed by atoms with van der Waals surface area (Å²) in [5.74, 6) is -0.212. The van der Waals surface area contributed by atoms with Gasteiger partial charge in [-0.25, -0.2) is 8.42 Å². The molecule has 1 aromatic carbocycles. The molecule has 0 aliphatic carbocycles. The van der Waals surface area contributed by atoms with Crippen molar-refractivity contribution in [2.24, 2.45) is 0 Å². The van der Waals surface area contributed by atoms with Gasteiger partial charge in [0.1, 0.15) is 0 Å². The smallest absolute Gasteiger partial charge is 0.251 e. The number of carbonyl (C=O) groups excluding carboxylic acids is 1. The molecule has 0 saturated carbocycles. The molecule has 1 fully saturated rings. The van der Waals surface area contributed by atoms with Crippen molar-refractivity contribution in [1.29, 1.82) is 0 Å². The van der Waals surface area contributed by atoms with Crippen LogP contribution in [0.1, 0.15) is 22.3 Å². The summed E-state index contributed by atoms with van der Waals surface area (Å²) in [6.45, 7) is 2.04. The molecule has 0 unspecified atom stereocenters. The number of amides is 1. The van der Waals surface area contributed by atoms with E-state index in [2.05, 4.69) is 10.3 Å². The van der Waals surface area contributed by atoms with Gasteiger partial charge >= 0.3 is 0 Å². The van der Waals surface area contributed by atoms with Crippen LogP contribution in [0.5, 0.6) is 0 Å². The van der Waals surface area contributed by atoms with Crippen LogP contribution in [-0.4, -0.2) is 56.5 Å². The summed E-state index contributed by atoms with van der Waals surface area (Å²) in [7, 11) is -3.54. The van der Waals surface area contributed by atoms with Crippen molar-refractivity contribution in [2.45, 2.75) is 17.7 Å². The van der Waals surface area contributed by atoms with E-state index in [-0.39, 0.29) is 10.8 Å². The Balaban J connectivity index is 1.52. The number of aryl methyl sites for hydroxylation is 1. The maximum atomic E-state index is 12.6. The first kappa shape index (κ1) is 19.5. The fraction of sp³-hybridized carbons (Fsp3) is 0.368. The molecule has 1 aliphatic heterocycles. The normalized spacial score (nSPS) is 15.4. The van der Waals surface area contributed by atoms with Gasteiger partial charge in [-0.05, 0) is 48.7 Å². The lowest BCUT2D eigenvalue weighted by Crippen LogP contribution is -2.40. The molecule has 7 nitrogen and oxygen atoms in total. The van der Waals surface area contributed by atoms with Crippen LogP contribution < -0.4 is 5.32 Å². The highest BCUT2D eigenvalue weighted by atomic mass is 32.2. The molecule has 3 rings (SSSR count). The van der Waals surface area contributed by atoms with Crippen LogP contribution in [0.4, 0.5) is 0 Å². The summed E-state index contributed by atoms with van der Waals surface area (Å²) in [5.41, 5.74) is 1.57. The van der Waals surface area contributed by atoms with Crippen LogP contribution >= 0.6 is 0 Å². The molecule has 2 aromatic rings. The lowest BCUT2D eigenvalue weighted by molar-refractivity contribution is 0.0730. The minimum absolute atomic E-state index is 0.192. The Morgan fingerprint density at radius 3 is 2.56 bits per heavy atom. The molecule has 27 heavy (non-hydrogen) atoms. The van der Waals surface area contributed by atoms with Gasteiger partial charge in [-0.15, -0.1) is 0 Å². The molecule has 2 heterocycles. The zero-order valence-corrected chi connectivity index (χ0v) is 15.8. The van der Waals surface area contributed by atoms with E-state index in [1.807, 2.05) is 18.3 Å². The number of hydrogen-bond donors (Lipinski definition) is 1. The third-order valence-electron chi connectivity index (χ3n) is 4.37. The Hall–Kier alpha value is -2.29. The molecule has 1 aliphatic rings. The molecular weight excluding hydrogens is 366 g/mol. The number of nitrogens with one attached hydrogen (secondary N) is 1. The van der Waals surface area contributed by atoms with Gasteiger partial charge in [0.15, 0.2) is 0 Å². The Morgan fingerprint density at radius 2 is 1.89 bits per heavy atom. The Kier molecular flexibility index (Phi) is 6.54. The fourth-order valence-corrected chi connectivity index (χ4v) is 4.26. The number of pyridine rings is 1. The van der Waals surface area contributed by atoms with Crippen molar-refractivity contribution >= 4 is 15.9 Å². The first-order valence-corrected chi connectivity index (χ1v) is 10.4. The molecule has 0 radical (unpaired) electrons. The molecule has 0 atom stereocenters. The lowest BCUT2D eigenvalue weighted by Gasteiger charge is -2.26. The number of hydrogen-bond acceptors (Lipinski definition) is 5. The van der Waals surface area contributed by atoms with Crippen molar-refractivity contribution in [3.05, 3.63) is 59.9 Å². The second kappa shape index (κ2) is 9.07. The predicted molar refractivity (Wildman–Crippen MR) is 101 cm³/mol. The predicted octanol–water partition coefficient (Wildman–Crippen LogP) is 1.47. The monoisotopic (exact) mass is 389 g/mol. The van der Waals surface area contributed by atoms with Crippen LogP contribution in [0.3, 0.4) is 0 Å². The number of benzene rings is 1. The molecule has 0 bridgehead atoms. The molecular formula is C19H23N3O4S. The van der Waals surface area contributed by atoms with Gasteiger partial charge in [0.25, 0.3) is 5.91 Å². The highest BCUT2D eigenvalue weighted by molar-refractivity contribution is 7.89. The van der Waals surface area contributed by atoms with Crippen LogP contribution in [0, 0.1) is 0 Å². The van der Waals surface area contributed by atoms with E-state index in [0.29, 0.717) is 38.4 Å². The topological polar surface area (TPSA) is 88.6 Å². The number of rotatable bonds is 7. The minimum atomic E-state index is -3.54. The number of carbonyl (C=O) groups is 1. The van der Waals surface area contributed by atoms with E-state index < -0.39 is 10.0 Å². The summed E-state index contributed by atoms with van der Waals surface area (Å²) < 4.78 is 31.8. The Morgan fingerprint density at radius 1 is 1.15 bits per heavy atom. The van der Waals surface area contributed by atoms with Gasteiger partial charge in [-0.2, -0.15) is 4.31 Å². The van der Waals surface area contributed by atoms with Gasteiger partial charge in [0.2, 0.25) is 10.0 Å². The molecule has 0 spiro atoms. The molecule has 1 N–H and O–H groups in total. The van der Waals surface area contributed by atoms with Crippen LogP contribution in [0.25, 0.3) is 0 Å². The maximum absolute atomic E-state index is 12.6. The standard InChI is InChI=1S/C19H23N3O4S/c23-19(21-10-2-4-16-3-1-9-20-15-16)17-5-7-18(8-6-17)27(24,25)22-11-13-26-14-12-22/h1,3,5-9,15H,2,4,10-14H2,(H,21,23). The SMILES string of the molecule is O=C(NCCCc1cccnc1)c1ccc(S(=O)(=O)N2CCOCC2)cc1. The van der Waals surface area contributed by atoms with Gasteiger partial charge < -0.3 is 10.1 Å². The molecule has 1 amide bonds. The third-order valence-corrected chi connectivity index (χ3v) is 6.29. The highest BCUT2D eigenvalue weighted by Crippen LogP contribution is 2.17. The summed E-state index contributed by atoms with van der Waals surface area (Å²) in [6, 6.07) is 9.95. The fourth-order valence-electron chi connectivity index (χ4n) is 2.86. The Bertz CT molecular complexity index is 848. The number of morpholine rings is 1. The summed E-state index contributed by atoms with van der Waals surface area (Å²) in [4.78, 5) is 16.5. The lowest BCUT2D eigenvalue weighted by atomic mass is 10.1. The van der Waals surface area contributed by atoms with Crippen LogP contribution in [0.2, 0.25) is 0 Å². The number of aromatic nitrogens is 1. The first-order chi connectivity index (χ1) is 13.1. The quantitative estimate of drug-likeness (QED) is 0.725. The zero-order chi connectivity index (χ0) is 19.1. The van der Waals surface area contributed by atoms with Crippen molar-refractivity contribution in [1.82, 2.24) is 14.6 Å². The molecule has 144 valence electrons. The van der Waals surface area contributed by atoms with E-state index in [1.54, 1.807) is 18.3 Å². The second-order valence-corrected chi connectivity index (χ2v) is 8.20. The van der Waals surface area contributed by atoms with E-state index in [0.717, 1.165) is 18.4 Å². The van der Waals surface area contributed by atoms with Crippen molar-refractivity contribution in [3.63, 3.8) is 0 Å². The van der Waals surface area contributed by atoms with Crippen molar-refractivity contribution < 1.29 is 17.9 Å². The van der Waals surface area contributed by atoms with Gasteiger partial charge in [-0.3, -0.25) is 9.78 Å². The third kappa shape index (κ3) is 5.12. The molecule has 8 heteroatoms. The summed E-state index contributed by atoms with van der Waals surface area (Å²) >= 11 is 0. The largest absolute Gasteiger partial charge is 0.379 e. The van der Waals surface area contributed by atoms with E-state index >= 15 is 0 Å². The molecule has 1 saturated heterocycles. The van der Waals surface area contributed by atoms with Gasteiger partial charge in [0.05, 0.1) is 18.1 Å². The first-order valence-electron chi connectivity index (χ1n) is 8.92. The average molecular weight is 389 g/mol. The average Bonchev–Trinajstić information content (AvgIpc) is 2.72. The van der Waals surface area contributed by atoms with Crippen molar-refractivity contribution in [3.8, 4) is 0 Å². The minimum Gasteiger partial charge on any atom is -0.379 e. The van der Waals surface area contributed by atoms with Crippen LogP contribution in [-0.2, 0) is 21.2 Å². The molecule has 1 aromatic heterocycles. The van der Waals surface area contributed by atoms with Crippen molar-refractivity contribution in [2.75, 3.05) is 32.8 Å². The Labute approximate surface area is 159 Å². The highest BCUT2D eigenvalue weighted by Gasteiger charge is 2.26.